The van der Waals surface area contributed by atoms with Crippen LogP contribution in [0.25, 0.3) is 0 Å². The summed E-state index contributed by atoms with van der Waals surface area (Å²) in [6.45, 7) is 10.1. The predicted molar refractivity (Wildman–Crippen MR) is 75.5 cm³/mol. The third-order valence-electron chi connectivity index (χ3n) is 2.89. The van der Waals surface area contributed by atoms with E-state index in [0.717, 1.165) is 25.6 Å². The van der Waals surface area contributed by atoms with Crippen molar-refractivity contribution >= 4 is 0 Å². The first-order valence-electron chi connectivity index (χ1n) is 7.06. The van der Waals surface area contributed by atoms with Gasteiger partial charge in [-0.1, -0.05) is 26.7 Å². The Hall–Kier alpha value is -0.120. The minimum absolute atomic E-state index is 0.746. The maximum absolute atomic E-state index is 5.16. The number of nitrogens with zero attached hydrogens (tertiary/aromatic N) is 1. The average molecular weight is 244 g/mol. The number of rotatable bonds is 12. The highest BCUT2D eigenvalue weighted by Crippen LogP contribution is 2.04. The monoisotopic (exact) mass is 244 g/mol. The van der Waals surface area contributed by atoms with Crippen LogP contribution in [0.15, 0.2) is 0 Å². The van der Waals surface area contributed by atoms with Crippen molar-refractivity contribution in [1.82, 2.24) is 10.2 Å². The number of hydrogen-bond acceptors (Lipinski definition) is 3. The van der Waals surface area contributed by atoms with E-state index in [2.05, 4.69) is 24.1 Å². The molecule has 0 spiro atoms. The molecule has 0 unspecified atom stereocenters. The molecular weight excluding hydrogens is 212 g/mol. The number of nitrogens with one attached hydrogen (secondary N) is 1. The maximum Gasteiger partial charge on any atom is 0.0589 e. The first-order chi connectivity index (χ1) is 8.20. The summed E-state index contributed by atoms with van der Waals surface area (Å²) in [5, 5.41) is 3.19. The first-order valence-corrected chi connectivity index (χ1v) is 7.06. The second-order valence-electron chi connectivity index (χ2n) is 5.21. The van der Waals surface area contributed by atoms with E-state index in [9.17, 15) is 0 Å². The van der Waals surface area contributed by atoms with E-state index in [1.165, 1.54) is 38.8 Å². The van der Waals surface area contributed by atoms with Crippen LogP contribution in [-0.4, -0.2) is 51.8 Å². The molecule has 0 saturated heterocycles. The highest BCUT2D eigenvalue weighted by atomic mass is 16.5. The van der Waals surface area contributed by atoms with Gasteiger partial charge in [0.15, 0.2) is 0 Å². The molecule has 0 aliphatic carbocycles. The summed E-state index contributed by atoms with van der Waals surface area (Å²) in [5.74, 6) is 0.746. The van der Waals surface area contributed by atoms with Crippen LogP contribution in [0.2, 0.25) is 0 Å². The van der Waals surface area contributed by atoms with E-state index < -0.39 is 0 Å². The summed E-state index contributed by atoms with van der Waals surface area (Å²) in [6.07, 6.45) is 5.32. The van der Waals surface area contributed by atoms with Crippen LogP contribution in [0.3, 0.4) is 0 Å². The van der Waals surface area contributed by atoms with Crippen LogP contribution in [0.4, 0.5) is 0 Å². The molecule has 0 heterocycles. The van der Waals surface area contributed by atoms with Gasteiger partial charge < -0.3 is 15.0 Å². The maximum atomic E-state index is 5.16. The van der Waals surface area contributed by atoms with Crippen LogP contribution >= 0.6 is 0 Å². The first kappa shape index (κ1) is 16.9. The quantitative estimate of drug-likeness (QED) is 0.533. The Morgan fingerprint density at radius 1 is 1.06 bits per heavy atom. The topological polar surface area (TPSA) is 24.5 Å². The van der Waals surface area contributed by atoms with Gasteiger partial charge in [0.1, 0.15) is 0 Å². The summed E-state index contributed by atoms with van der Waals surface area (Å²) < 4.78 is 5.16. The van der Waals surface area contributed by atoms with E-state index in [0.29, 0.717) is 0 Å². The molecule has 1 N–H and O–H groups in total. The van der Waals surface area contributed by atoms with Crippen molar-refractivity contribution < 1.29 is 4.74 Å². The lowest BCUT2D eigenvalue weighted by Crippen LogP contribution is -2.32. The molecule has 0 aliphatic rings. The highest BCUT2D eigenvalue weighted by molar-refractivity contribution is 4.60. The lowest BCUT2D eigenvalue weighted by Gasteiger charge is -2.23. The Kier molecular flexibility index (Phi) is 12.3. The number of hydrogen-bond donors (Lipinski definition) is 1. The highest BCUT2D eigenvalue weighted by Gasteiger charge is 2.06. The lowest BCUT2D eigenvalue weighted by atomic mass is 10.1. The van der Waals surface area contributed by atoms with E-state index in [1.54, 1.807) is 7.11 Å². The minimum Gasteiger partial charge on any atom is -0.383 e. The standard InChI is InChI=1S/C14H32N2O/c1-14(2)13-16(11-12-17-4)10-8-6-5-7-9-15-3/h14-15H,5-13H2,1-4H3. The third kappa shape index (κ3) is 12.1. The second kappa shape index (κ2) is 12.3. The molecule has 0 aromatic heterocycles. The molecule has 0 aliphatic heterocycles. The van der Waals surface area contributed by atoms with Gasteiger partial charge in [0.05, 0.1) is 6.61 Å². The summed E-state index contributed by atoms with van der Waals surface area (Å²) >= 11 is 0. The van der Waals surface area contributed by atoms with Crippen LogP contribution in [0.1, 0.15) is 39.5 Å². The van der Waals surface area contributed by atoms with Gasteiger partial charge in [-0.05, 0) is 38.9 Å². The molecule has 0 bridgehead atoms. The Balaban J connectivity index is 3.53. The molecule has 3 heteroatoms. The van der Waals surface area contributed by atoms with Crippen LogP contribution in [0.5, 0.6) is 0 Å². The molecule has 0 rings (SSSR count). The fourth-order valence-corrected chi connectivity index (χ4v) is 2.02. The molecule has 0 amide bonds. The second-order valence-corrected chi connectivity index (χ2v) is 5.21. The van der Waals surface area contributed by atoms with E-state index >= 15 is 0 Å². The van der Waals surface area contributed by atoms with E-state index in [-0.39, 0.29) is 0 Å². The molecule has 3 nitrogen and oxygen atoms in total. The van der Waals surface area contributed by atoms with E-state index in [4.69, 9.17) is 4.74 Å². The van der Waals surface area contributed by atoms with Gasteiger partial charge in [0.2, 0.25) is 0 Å². The van der Waals surface area contributed by atoms with Crippen molar-refractivity contribution in [3.8, 4) is 0 Å². The number of unbranched alkanes of at least 4 members (excludes halogenated alkanes) is 3. The summed E-state index contributed by atoms with van der Waals surface area (Å²) in [5.41, 5.74) is 0. The smallest absolute Gasteiger partial charge is 0.0589 e. The molecular formula is C14H32N2O. The molecule has 104 valence electrons. The Labute approximate surface area is 108 Å². The summed E-state index contributed by atoms with van der Waals surface area (Å²) in [6, 6.07) is 0. The molecule has 0 aromatic rings. The zero-order chi connectivity index (χ0) is 12.9. The molecule has 0 atom stereocenters. The van der Waals surface area contributed by atoms with Crippen LogP contribution in [0, 0.1) is 5.92 Å². The minimum atomic E-state index is 0.746. The Bertz CT molecular complexity index is 151. The third-order valence-corrected chi connectivity index (χ3v) is 2.89. The van der Waals surface area contributed by atoms with Crippen molar-refractivity contribution in [2.75, 3.05) is 46.9 Å². The van der Waals surface area contributed by atoms with Crippen molar-refractivity contribution in [2.24, 2.45) is 5.92 Å². The van der Waals surface area contributed by atoms with Gasteiger partial charge in [0, 0.05) is 20.2 Å². The van der Waals surface area contributed by atoms with Crippen molar-refractivity contribution in [2.45, 2.75) is 39.5 Å². The molecule has 17 heavy (non-hydrogen) atoms. The van der Waals surface area contributed by atoms with Gasteiger partial charge in [0.25, 0.3) is 0 Å². The summed E-state index contributed by atoms with van der Waals surface area (Å²) in [7, 11) is 3.81. The van der Waals surface area contributed by atoms with Crippen molar-refractivity contribution in [3.63, 3.8) is 0 Å². The van der Waals surface area contributed by atoms with Gasteiger partial charge in [-0.3, -0.25) is 0 Å². The lowest BCUT2D eigenvalue weighted by molar-refractivity contribution is 0.138. The molecule has 0 fully saturated rings. The van der Waals surface area contributed by atoms with Crippen molar-refractivity contribution in [3.05, 3.63) is 0 Å². The predicted octanol–water partition coefficient (Wildman–Crippen LogP) is 2.37. The number of methoxy groups -OCH3 is 1. The normalized spacial score (nSPS) is 11.6. The largest absolute Gasteiger partial charge is 0.383 e. The Morgan fingerprint density at radius 2 is 1.76 bits per heavy atom. The van der Waals surface area contributed by atoms with Gasteiger partial charge in [-0.2, -0.15) is 0 Å². The van der Waals surface area contributed by atoms with Gasteiger partial charge >= 0.3 is 0 Å². The van der Waals surface area contributed by atoms with Crippen LogP contribution < -0.4 is 5.32 Å². The fraction of sp³-hybridized carbons (Fsp3) is 1.00. The summed E-state index contributed by atoms with van der Waals surface area (Å²) in [4.78, 5) is 2.53. The van der Waals surface area contributed by atoms with Crippen LogP contribution in [-0.2, 0) is 4.74 Å². The van der Waals surface area contributed by atoms with Gasteiger partial charge in [-0.25, -0.2) is 0 Å². The molecule has 0 saturated carbocycles. The average Bonchev–Trinajstić information content (AvgIpc) is 2.29. The Morgan fingerprint density at radius 3 is 2.35 bits per heavy atom. The SMILES string of the molecule is CNCCCCCCN(CCOC)CC(C)C. The fourth-order valence-electron chi connectivity index (χ4n) is 2.02. The van der Waals surface area contributed by atoms with Gasteiger partial charge in [-0.15, -0.1) is 0 Å². The number of ether oxygens (including phenoxy) is 1. The zero-order valence-corrected chi connectivity index (χ0v) is 12.3. The van der Waals surface area contributed by atoms with Crippen molar-refractivity contribution in [1.29, 1.82) is 0 Å². The molecule has 0 aromatic carbocycles. The molecule has 0 radical (unpaired) electrons. The van der Waals surface area contributed by atoms with E-state index in [1.807, 2.05) is 7.05 Å². The zero-order valence-electron chi connectivity index (χ0n) is 12.3.